The predicted octanol–water partition coefficient (Wildman–Crippen LogP) is 5.68. The molecule has 0 aliphatic rings. The van der Waals surface area contributed by atoms with Crippen LogP contribution < -0.4 is 4.74 Å². The van der Waals surface area contributed by atoms with E-state index < -0.39 is 16.0 Å². The van der Waals surface area contributed by atoms with E-state index in [1.807, 2.05) is 31.2 Å². The highest BCUT2D eigenvalue weighted by molar-refractivity contribution is 7.92. The zero-order valence-corrected chi connectivity index (χ0v) is 19.5. The Morgan fingerprint density at radius 3 is 2.56 bits per heavy atom. The van der Waals surface area contributed by atoms with Gasteiger partial charge in [0.2, 0.25) is 0 Å². The largest absolute Gasteiger partial charge is 0.494 e. The van der Waals surface area contributed by atoms with Gasteiger partial charge in [0.15, 0.2) is 0 Å². The Morgan fingerprint density at radius 1 is 1.12 bits per heavy atom. The van der Waals surface area contributed by atoms with E-state index in [-0.39, 0.29) is 17.1 Å². The van der Waals surface area contributed by atoms with E-state index in [2.05, 4.69) is 0 Å². The quantitative estimate of drug-likeness (QED) is 0.344. The number of hydrogen-bond donors (Lipinski definition) is 1. The standard InChI is InChI=1S/C23H20ClNO5S2/c1-2-30-18-7-3-15(4-8-18)21-10-12-23(31-21)32(28,29)25-14-16(5-11-22(26)27)19-13-17(24)6-9-20(19)25/h3-4,6-10,12-14H,2,5,11H2,1H3,(H,26,27). The first-order valence-electron chi connectivity index (χ1n) is 9.89. The number of fused-ring (bicyclic) bond motifs is 1. The number of ether oxygens (including phenoxy) is 1. The molecule has 0 radical (unpaired) electrons. The van der Waals surface area contributed by atoms with Crippen molar-refractivity contribution in [3.8, 4) is 16.2 Å². The van der Waals surface area contributed by atoms with Gasteiger partial charge in [-0.1, -0.05) is 11.6 Å². The number of benzene rings is 2. The third-order valence-corrected chi connectivity index (χ3v) is 8.48. The third kappa shape index (κ3) is 4.39. The molecule has 0 saturated heterocycles. The minimum absolute atomic E-state index is 0.105. The molecular formula is C23H20ClNO5S2. The fraction of sp³-hybridized carbons (Fsp3) is 0.174. The van der Waals surface area contributed by atoms with Gasteiger partial charge in [-0.3, -0.25) is 4.79 Å². The number of carboxylic acid groups (broad SMARTS) is 1. The van der Waals surface area contributed by atoms with E-state index in [1.165, 1.54) is 21.5 Å². The van der Waals surface area contributed by atoms with Crippen molar-refractivity contribution >= 4 is 49.8 Å². The number of thiophene rings is 1. The third-order valence-electron chi connectivity index (χ3n) is 4.97. The number of aromatic nitrogens is 1. The van der Waals surface area contributed by atoms with Gasteiger partial charge in [-0.05, 0) is 79.1 Å². The van der Waals surface area contributed by atoms with Crippen LogP contribution in [-0.4, -0.2) is 30.1 Å². The molecule has 0 saturated carbocycles. The Morgan fingerprint density at radius 2 is 1.88 bits per heavy atom. The molecule has 4 rings (SSSR count). The van der Waals surface area contributed by atoms with E-state index in [0.29, 0.717) is 28.1 Å². The molecule has 0 amide bonds. The van der Waals surface area contributed by atoms with Gasteiger partial charge in [-0.2, -0.15) is 8.42 Å². The lowest BCUT2D eigenvalue weighted by molar-refractivity contribution is -0.136. The molecule has 0 unspecified atom stereocenters. The maximum atomic E-state index is 13.5. The van der Waals surface area contributed by atoms with Crippen molar-refractivity contribution in [1.82, 2.24) is 3.97 Å². The highest BCUT2D eigenvalue weighted by Crippen LogP contribution is 2.35. The van der Waals surface area contributed by atoms with Gasteiger partial charge in [0, 0.05) is 27.9 Å². The molecule has 32 heavy (non-hydrogen) atoms. The first-order valence-corrected chi connectivity index (χ1v) is 12.5. The van der Waals surface area contributed by atoms with Gasteiger partial charge in [0.25, 0.3) is 10.0 Å². The molecule has 2 aromatic heterocycles. The van der Waals surface area contributed by atoms with Crippen LogP contribution in [0.2, 0.25) is 5.02 Å². The minimum atomic E-state index is -3.88. The lowest BCUT2D eigenvalue weighted by atomic mass is 10.1. The molecule has 0 fully saturated rings. The molecule has 2 aromatic carbocycles. The van der Waals surface area contributed by atoms with E-state index in [4.69, 9.17) is 21.4 Å². The van der Waals surface area contributed by atoms with Crippen LogP contribution in [0, 0.1) is 0 Å². The number of carboxylic acids is 1. The van der Waals surface area contributed by atoms with Crippen LogP contribution in [-0.2, 0) is 21.2 Å². The molecule has 1 N–H and O–H groups in total. The van der Waals surface area contributed by atoms with Crippen LogP contribution in [0.5, 0.6) is 5.75 Å². The van der Waals surface area contributed by atoms with Gasteiger partial charge < -0.3 is 9.84 Å². The van der Waals surface area contributed by atoms with Crippen LogP contribution >= 0.6 is 22.9 Å². The summed E-state index contributed by atoms with van der Waals surface area (Å²) >= 11 is 7.29. The molecule has 0 bridgehead atoms. The van der Waals surface area contributed by atoms with Crippen LogP contribution in [0.25, 0.3) is 21.3 Å². The lowest BCUT2D eigenvalue weighted by Gasteiger charge is -2.06. The summed E-state index contributed by atoms with van der Waals surface area (Å²) in [6.07, 6.45) is 1.60. The molecular weight excluding hydrogens is 470 g/mol. The summed E-state index contributed by atoms with van der Waals surface area (Å²) in [5, 5.41) is 10.1. The molecule has 0 aliphatic carbocycles. The summed E-state index contributed by atoms with van der Waals surface area (Å²) in [7, 11) is -3.88. The summed E-state index contributed by atoms with van der Waals surface area (Å²) in [4.78, 5) is 11.9. The Hall–Kier alpha value is -2.81. The Bertz CT molecular complexity index is 1390. The summed E-state index contributed by atoms with van der Waals surface area (Å²) in [6.45, 7) is 2.49. The van der Waals surface area contributed by atoms with Gasteiger partial charge in [-0.25, -0.2) is 3.97 Å². The molecule has 9 heteroatoms. The number of nitrogens with zero attached hydrogens (tertiary/aromatic N) is 1. The molecule has 4 aromatic rings. The van der Waals surface area contributed by atoms with E-state index in [9.17, 15) is 13.2 Å². The van der Waals surface area contributed by atoms with Crippen molar-refractivity contribution < 1.29 is 23.1 Å². The Labute approximate surface area is 194 Å². The van der Waals surface area contributed by atoms with Crippen LogP contribution in [0.1, 0.15) is 18.9 Å². The first-order chi connectivity index (χ1) is 15.3. The van der Waals surface area contributed by atoms with Gasteiger partial charge in [0.05, 0.1) is 12.1 Å². The number of carbonyl (C=O) groups is 1. The van der Waals surface area contributed by atoms with Crippen molar-refractivity contribution in [3.63, 3.8) is 0 Å². The average molecular weight is 490 g/mol. The summed E-state index contributed by atoms with van der Waals surface area (Å²) in [5.74, 6) is -0.193. The number of rotatable bonds is 8. The number of aliphatic carboxylic acids is 1. The fourth-order valence-electron chi connectivity index (χ4n) is 3.47. The van der Waals surface area contributed by atoms with Crippen LogP contribution in [0.4, 0.5) is 0 Å². The van der Waals surface area contributed by atoms with Crippen molar-refractivity contribution in [2.75, 3.05) is 6.61 Å². The summed E-state index contributed by atoms with van der Waals surface area (Å²) in [6, 6.07) is 15.8. The zero-order valence-electron chi connectivity index (χ0n) is 17.1. The molecule has 0 atom stereocenters. The smallest absolute Gasteiger partial charge is 0.303 e. The predicted molar refractivity (Wildman–Crippen MR) is 126 cm³/mol. The number of aryl methyl sites for hydroxylation is 1. The van der Waals surface area contributed by atoms with Gasteiger partial charge in [-0.15, -0.1) is 11.3 Å². The number of hydrogen-bond acceptors (Lipinski definition) is 5. The fourth-order valence-corrected chi connectivity index (χ4v) is 6.44. The van der Waals surface area contributed by atoms with Crippen LogP contribution in [0.3, 0.4) is 0 Å². The van der Waals surface area contributed by atoms with E-state index in [0.717, 1.165) is 16.2 Å². The number of halogens is 1. The summed E-state index contributed by atoms with van der Waals surface area (Å²) in [5.41, 5.74) is 1.98. The van der Waals surface area contributed by atoms with Crippen molar-refractivity contribution in [2.45, 2.75) is 24.0 Å². The minimum Gasteiger partial charge on any atom is -0.494 e. The monoisotopic (exact) mass is 489 g/mol. The molecule has 0 spiro atoms. The second-order valence-electron chi connectivity index (χ2n) is 7.09. The maximum absolute atomic E-state index is 13.5. The van der Waals surface area contributed by atoms with Crippen molar-refractivity contribution in [1.29, 1.82) is 0 Å². The highest BCUT2D eigenvalue weighted by atomic mass is 35.5. The highest BCUT2D eigenvalue weighted by Gasteiger charge is 2.24. The topological polar surface area (TPSA) is 85.6 Å². The second kappa shape index (κ2) is 8.97. The van der Waals surface area contributed by atoms with E-state index >= 15 is 0 Å². The maximum Gasteiger partial charge on any atom is 0.303 e. The van der Waals surface area contributed by atoms with Crippen molar-refractivity contribution in [3.05, 3.63) is 71.4 Å². The summed E-state index contributed by atoms with van der Waals surface area (Å²) < 4.78 is 33.8. The van der Waals surface area contributed by atoms with Crippen LogP contribution in [0.15, 0.2) is 65.0 Å². The molecule has 2 heterocycles. The van der Waals surface area contributed by atoms with E-state index in [1.54, 1.807) is 30.3 Å². The normalized spacial score (nSPS) is 11.7. The SMILES string of the molecule is CCOc1ccc(-c2ccc(S(=O)(=O)n3cc(CCC(=O)O)c4cc(Cl)ccc43)s2)cc1. The zero-order chi connectivity index (χ0) is 22.9. The average Bonchev–Trinajstić information content (AvgIpc) is 3.39. The Kier molecular flexibility index (Phi) is 6.28. The van der Waals surface area contributed by atoms with Crippen molar-refractivity contribution in [2.24, 2.45) is 0 Å². The Balaban J connectivity index is 1.73. The molecule has 166 valence electrons. The first kappa shape index (κ1) is 22.4. The molecule has 6 nitrogen and oxygen atoms in total. The van der Waals surface area contributed by atoms with Gasteiger partial charge >= 0.3 is 5.97 Å². The second-order valence-corrected chi connectivity index (χ2v) is 10.6. The lowest BCUT2D eigenvalue weighted by Crippen LogP contribution is -2.10. The van der Waals surface area contributed by atoms with Gasteiger partial charge in [0.1, 0.15) is 9.96 Å². The molecule has 0 aliphatic heterocycles.